The third-order valence-electron chi connectivity index (χ3n) is 3.85. The molecule has 0 atom stereocenters. The maximum atomic E-state index is 11.9. The molecule has 24 heavy (non-hydrogen) atoms. The molecule has 7 heteroatoms. The standard InChI is InChI=1S/C17H26N4O3/c1-13(2)18-17(23)19-16(22)12-20-8-10-21(11-9-20)14-4-6-15(24-3)7-5-14/h4-7,13H,8-12H2,1-3H3,(H2,18,19,22,23). The second-order valence-corrected chi connectivity index (χ2v) is 6.14. The molecule has 0 bridgehead atoms. The molecule has 0 saturated carbocycles. The van der Waals surface area contributed by atoms with Crippen LogP contribution in [-0.2, 0) is 4.79 Å². The Morgan fingerprint density at radius 2 is 1.75 bits per heavy atom. The van der Waals surface area contributed by atoms with Crippen molar-refractivity contribution in [3.63, 3.8) is 0 Å². The number of ether oxygens (including phenoxy) is 1. The van der Waals surface area contributed by atoms with Crippen molar-refractivity contribution < 1.29 is 14.3 Å². The number of carbonyl (C=O) groups excluding carboxylic acids is 2. The molecule has 1 aliphatic heterocycles. The van der Waals surface area contributed by atoms with E-state index in [9.17, 15) is 9.59 Å². The largest absolute Gasteiger partial charge is 0.497 e. The van der Waals surface area contributed by atoms with Crippen molar-refractivity contribution in [1.29, 1.82) is 0 Å². The van der Waals surface area contributed by atoms with Gasteiger partial charge >= 0.3 is 6.03 Å². The Bertz CT molecular complexity index is 551. The fourth-order valence-electron chi connectivity index (χ4n) is 2.62. The van der Waals surface area contributed by atoms with Gasteiger partial charge in [0.2, 0.25) is 5.91 Å². The molecule has 2 rings (SSSR count). The highest BCUT2D eigenvalue weighted by atomic mass is 16.5. The smallest absolute Gasteiger partial charge is 0.321 e. The van der Waals surface area contributed by atoms with E-state index in [0.29, 0.717) is 0 Å². The summed E-state index contributed by atoms with van der Waals surface area (Å²) in [5.41, 5.74) is 1.15. The van der Waals surface area contributed by atoms with Crippen molar-refractivity contribution >= 4 is 17.6 Å². The summed E-state index contributed by atoms with van der Waals surface area (Å²) >= 11 is 0. The second-order valence-electron chi connectivity index (χ2n) is 6.14. The van der Waals surface area contributed by atoms with Gasteiger partial charge in [-0.25, -0.2) is 4.79 Å². The molecule has 1 aromatic rings. The Morgan fingerprint density at radius 1 is 1.12 bits per heavy atom. The summed E-state index contributed by atoms with van der Waals surface area (Å²) in [6, 6.07) is 7.54. The summed E-state index contributed by atoms with van der Waals surface area (Å²) in [5, 5.41) is 5.00. The first-order chi connectivity index (χ1) is 11.5. The average Bonchev–Trinajstić information content (AvgIpc) is 2.54. The highest BCUT2D eigenvalue weighted by Gasteiger charge is 2.20. The number of piperazine rings is 1. The number of rotatable bonds is 5. The lowest BCUT2D eigenvalue weighted by atomic mass is 10.2. The van der Waals surface area contributed by atoms with Crippen LogP contribution >= 0.6 is 0 Å². The first-order valence-corrected chi connectivity index (χ1v) is 8.19. The van der Waals surface area contributed by atoms with Crippen molar-refractivity contribution in [2.45, 2.75) is 19.9 Å². The van der Waals surface area contributed by atoms with E-state index in [1.807, 2.05) is 38.1 Å². The maximum Gasteiger partial charge on any atom is 0.321 e. The van der Waals surface area contributed by atoms with Gasteiger partial charge in [-0.3, -0.25) is 15.0 Å². The van der Waals surface area contributed by atoms with Crippen LogP contribution in [0.15, 0.2) is 24.3 Å². The van der Waals surface area contributed by atoms with Crippen LogP contribution in [-0.4, -0.2) is 62.7 Å². The number of anilines is 1. The minimum atomic E-state index is -0.438. The molecule has 7 nitrogen and oxygen atoms in total. The van der Waals surface area contributed by atoms with Gasteiger partial charge in [0.1, 0.15) is 5.75 Å². The number of nitrogens with one attached hydrogen (secondary N) is 2. The summed E-state index contributed by atoms with van der Waals surface area (Å²) in [6.07, 6.45) is 0. The summed E-state index contributed by atoms with van der Waals surface area (Å²) in [6.45, 7) is 7.19. The van der Waals surface area contributed by atoms with Gasteiger partial charge in [0.05, 0.1) is 13.7 Å². The lowest BCUT2D eigenvalue weighted by molar-refractivity contribution is -0.121. The number of hydrogen-bond donors (Lipinski definition) is 2. The van der Waals surface area contributed by atoms with Crippen LogP contribution in [0.25, 0.3) is 0 Å². The SMILES string of the molecule is COc1ccc(N2CCN(CC(=O)NC(=O)NC(C)C)CC2)cc1. The third-order valence-corrected chi connectivity index (χ3v) is 3.85. The summed E-state index contributed by atoms with van der Waals surface area (Å²) in [7, 11) is 1.65. The minimum Gasteiger partial charge on any atom is -0.497 e. The number of carbonyl (C=O) groups is 2. The molecule has 0 unspecified atom stereocenters. The Kier molecular flexibility index (Phi) is 6.43. The van der Waals surface area contributed by atoms with E-state index in [-0.39, 0.29) is 18.5 Å². The predicted molar refractivity (Wildman–Crippen MR) is 93.5 cm³/mol. The van der Waals surface area contributed by atoms with Crippen LogP contribution in [0.2, 0.25) is 0 Å². The third kappa shape index (κ3) is 5.42. The van der Waals surface area contributed by atoms with Gasteiger partial charge in [0.25, 0.3) is 0 Å². The highest BCUT2D eigenvalue weighted by Crippen LogP contribution is 2.20. The zero-order valence-corrected chi connectivity index (χ0v) is 14.5. The number of methoxy groups -OCH3 is 1. The molecule has 3 amide bonds. The van der Waals surface area contributed by atoms with Gasteiger partial charge in [-0.1, -0.05) is 0 Å². The van der Waals surface area contributed by atoms with Crippen molar-refractivity contribution in [2.75, 3.05) is 44.7 Å². The Labute approximate surface area is 142 Å². The molecule has 132 valence electrons. The van der Waals surface area contributed by atoms with Crippen LogP contribution < -0.4 is 20.3 Å². The Hall–Kier alpha value is -2.28. The molecule has 1 fully saturated rings. The molecule has 1 aromatic carbocycles. The second kappa shape index (κ2) is 8.54. The molecule has 1 aliphatic rings. The van der Waals surface area contributed by atoms with Gasteiger partial charge in [-0.15, -0.1) is 0 Å². The number of amides is 3. The number of benzene rings is 1. The van der Waals surface area contributed by atoms with Gasteiger partial charge in [-0.05, 0) is 38.1 Å². The summed E-state index contributed by atoms with van der Waals surface area (Å²) in [4.78, 5) is 27.7. The predicted octanol–water partition coefficient (Wildman–Crippen LogP) is 1.05. The first kappa shape index (κ1) is 18.1. The normalized spacial score (nSPS) is 15.2. The molecule has 0 aromatic heterocycles. The van der Waals surface area contributed by atoms with Gasteiger partial charge in [0, 0.05) is 37.9 Å². The fraction of sp³-hybridized carbons (Fsp3) is 0.529. The molecular formula is C17H26N4O3. The molecule has 0 aliphatic carbocycles. The molecule has 0 radical (unpaired) electrons. The van der Waals surface area contributed by atoms with Crippen LogP contribution in [0.3, 0.4) is 0 Å². The fourth-order valence-corrected chi connectivity index (χ4v) is 2.62. The van der Waals surface area contributed by atoms with Gasteiger partial charge < -0.3 is 15.0 Å². The van der Waals surface area contributed by atoms with E-state index in [0.717, 1.165) is 37.6 Å². The lowest BCUT2D eigenvalue weighted by Crippen LogP contribution is -2.51. The van der Waals surface area contributed by atoms with E-state index in [1.165, 1.54) is 0 Å². The van der Waals surface area contributed by atoms with Crippen LogP contribution in [0.4, 0.5) is 10.5 Å². The zero-order valence-electron chi connectivity index (χ0n) is 14.5. The van der Waals surface area contributed by atoms with Crippen molar-refractivity contribution in [3.05, 3.63) is 24.3 Å². The van der Waals surface area contributed by atoms with Gasteiger partial charge in [0.15, 0.2) is 0 Å². The van der Waals surface area contributed by atoms with Crippen molar-refractivity contribution in [2.24, 2.45) is 0 Å². The minimum absolute atomic E-state index is 0.00541. The Balaban J connectivity index is 1.75. The number of hydrogen-bond acceptors (Lipinski definition) is 5. The summed E-state index contributed by atoms with van der Waals surface area (Å²) in [5.74, 6) is 0.569. The van der Waals surface area contributed by atoms with E-state index < -0.39 is 6.03 Å². The average molecular weight is 334 g/mol. The molecular weight excluding hydrogens is 308 g/mol. The highest BCUT2D eigenvalue weighted by molar-refractivity contribution is 5.95. The van der Waals surface area contributed by atoms with E-state index in [2.05, 4.69) is 20.4 Å². The van der Waals surface area contributed by atoms with E-state index in [4.69, 9.17) is 4.74 Å². The molecule has 1 saturated heterocycles. The topological polar surface area (TPSA) is 73.9 Å². The monoisotopic (exact) mass is 334 g/mol. The maximum absolute atomic E-state index is 11.9. The quantitative estimate of drug-likeness (QED) is 0.842. The number of imide groups is 1. The number of urea groups is 1. The Morgan fingerprint density at radius 3 is 2.29 bits per heavy atom. The van der Waals surface area contributed by atoms with Crippen molar-refractivity contribution in [3.8, 4) is 5.75 Å². The van der Waals surface area contributed by atoms with E-state index >= 15 is 0 Å². The van der Waals surface area contributed by atoms with Crippen LogP contribution in [0.1, 0.15) is 13.8 Å². The van der Waals surface area contributed by atoms with Crippen LogP contribution in [0, 0.1) is 0 Å². The zero-order chi connectivity index (χ0) is 17.5. The first-order valence-electron chi connectivity index (χ1n) is 8.19. The summed E-state index contributed by atoms with van der Waals surface area (Å²) < 4.78 is 5.17. The molecule has 0 spiro atoms. The molecule has 1 heterocycles. The van der Waals surface area contributed by atoms with E-state index in [1.54, 1.807) is 7.11 Å². The van der Waals surface area contributed by atoms with Crippen LogP contribution in [0.5, 0.6) is 5.75 Å². The van der Waals surface area contributed by atoms with Crippen molar-refractivity contribution in [1.82, 2.24) is 15.5 Å². The molecule has 2 N–H and O–H groups in total. The number of nitrogens with zero attached hydrogens (tertiary/aromatic N) is 2. The lowest BCUT2D eigenvalue weighted by Gasteiger charge is -2.35. The van der Waals surface area contributed by atoms with Gasteiger partial charge in [-0.2, -0.15) is 0 Å².